The lowest BCUT2D eigenvalue weighted by Gasteiger charge is -2.03. The first-order valence-corrected chi connectivity index (χ1v) is 7.64. The van der Waals surface area contributed by atoms with E-state index in [4.69, 9.17) is 9.68 Å². The molecule has 3 rings (SSSR count). The third-order valence-electron chi connectivity index (χ3n) is 3.59. The summed E-state index contributed by atoms with van der Waals surface area (Å²) in [5, 5.41) is 11.5. The summed E-state index contributed by atoms with van der Waals surface area (Å²) in [5.74, 6) is -0.124. The van der Waals surface area contributed by atoms with Gasteiger partial charge in [-0.15, -0.1) is 0 Å². The monoisotopic (exact) mass is 335 g/mol. The van der Waals surface area contributed by atoms with E-state index in [1.807, 2.05) is 6.07 Å². The molecule has 0 bridgehead atoms. The average Bonchev–Trinajstić information content (AvgIpc) is 3.11. The Morgan fingerprint density at radius 2 is 1.88 bits per heavy atom. The lowest BCUT2D eigenvalue weighted by Crippen LogP contribution is -2.25. The van der Waals surface area contributed by atoms with Crippen LogP contribution in [0.4, 0.5) is 4.39 Å². The SMILES string of the molecule is N#Cc1ccc(C(=O)NCCc2coc(-c3ccc(F)cc3)n2)cc1. The van der Waals surface area contributed by atoms with Crippen LogP contribution in [0.5, 0.6) is 0 Å². The third-order valence-corrected chi connectivity index (χ3v) is 3.59. The smallest absolute Gasteiger partial charge is 0.251 e. The van der Waals surface area contributed by atoms with Gasteiger partial charge in [0.2, 0.25) is 5.89 Å². The van der Waals surface area contributed by atoms with Gasteiger partial charge in [0.05, 0.1) is 17.3 Å². The first-order chi connectivity index (χ1) is 12.2. The van der Waals surface area contributed by atoms with Crippen LogP contribution in [0.1, 0.15) is 21.6 Å². The fraction of sp³-hybridized carbons (Fsp3) is 0.105. The number of carbonyl (C=O) groups is 1. The number of halogens is 1. The first-order valence-electron chi connectivity index (χ1n) is 7.64. The second-order valence-electron chi connectivity index (χ2n) is 5.35. The van der Waals surface area contributed by atoms with Crippen molar-refractivity contribution in [1.29, 1.82) is 5.26 Å². The molecule has 1 amide bonds. The van der Waals surface area contributed by atoms with Gasteiger partial charge in [-0.2, -0.15) is 5.26 Å². The Labute approximate surface area is 143 Å². The zero-order chi connectivity index (χ0) is 17.6. The van der Waals surface area contributed by atoms with Crippen LogP contribution in [0.3, 0.4) is 0 Å². The molecule has 0 saturated heterocycles. The van der Waals surface area contributed by atoms with Gasteiger partial charge in [-0.1, -0.05) is 0 Å². The number of carbonyl (C=O) groups excluding carboxylic acids is 1. The minimum Gasteiger partial charge on any atom is -0.444 e. The highest BCUT2D eigenvalue weighted by Crippen LogP contribution is 2.19. The highest BCUT2D eigenvalue weighted by atomic mass is 19.1. The molecule has 0 saturated carbocycles. The van der Waals surface area contributed by atoms with Gasteiger partial charge in [0.15, 0.2) is 0 Å². The van der Waals surface area contributed by atoms with E-state index in [1.165, 1.54) is 18.4 Å². The van der Waals surface area contributed by atoms with Gasteiger partial charge in [0.25, 0.3) is 5.91 Å². The molecular weight excluding hydrogens is 321 g/mol. The molecule has 0 atom stereocenters. The van der Waals surface area contributed by atoms with Crippen LogP contribution in [0.25, 0.3) is 11.5 Å². The average molecular weight is 335 g/mol. The maximum absolute atomic E-state index is 12.9. The summed E-state index contributed by atoms with van der Waals surface area (Å²) in [5.41, 5.74) is 2.38. The summed E-state index contributed by atoms with van der Waals surface area (Å²) in [6.07, 6.45) is 2.03. The molecule has 1 aromatic heterocycles. The van der Waals surface area contributed by atoms with E-state index in [0.29, 0.717) is 41.2 Å². The quantitative estimate of drug-likeness (QED) is 0.776. The predicted molar refractivity (Wildman–Crippen MR) is 89.1 cm³/mol. The van der Waals surface area contributed by atoms with Crippen molar-refractivity contribution in [3.8, 4) is 17.5 Å². The van der Waals surface area contributed by atoms with E-state index in [9.17, 15) is 9.18 Å². The Morgan fingerprint density at radius 3 is 2.56 bits per heavy atom. The summed E-state index contributed by atoms with van der Waals surface area (Å²) in [7, 11) is 0. The number of hydrogen-bond donors (Lipinski definition) is 1. The molecule has 5 nitrogen and oxygen atoms in total. The molecule has 0 radical (unpaired) electrons. The molecule has 0 aliphatic rings. The Kier molecular flexibility index (Phi) is 4.86. The zero-order valence-electron chi connectivity index (χ0n) is 13.2. The van der Waals surface area contributed by atoms with Crippen LogP contribution in [-0.2, 0) is 6.42 Å². The Hall–Kier alpha value is -3.46. The molecule has 25 heavy (non-hydrogen) atoms. The molecule has 124 valence electrons. The van der Waals surface area contributed by atoms with Gasteiger partial charge >= 0.3 is 0 Å². The number of aromatic nitrogens is 1. The number of nitrogens with one attached hydrogen (secondary N) is 1. The second-order valence-corrected chi connectivity index (χ2v) is 5.35. The molecule has 1 N–H and O–H groups in total. The topological polar surface area (TPSA) is 78.9 Å². The lowest BCUT2D eigenvalue weighted by atomic mass is 10.1. The van der Waals surface area contributed by atoms with Crippen molar-refractivity contribution in [2.75, 3.05) is 6.54 Å². The molecule has 1 heterocycles. The number of hydrogen-bond acceptors (Lipinski definition) is 4. The minimum atomic E-state index is -0.318. The van der Waals surface area contributed by atoms with Crippen molar-refractivity contribution in [3.63, 3.8) is 0 Å². The van der Waals surface area contributed by atoms with E-state index in [1.54, 1.807) is 36.4 Å². The van der Waals surface area contributed by atoms with Crippen molar-refractivity contribution in [1.82, 2.24) is 10.3 Å². The van der Waals surface area contributed by atoms with Crippen LogP contribution in [0.2, 0.25) is 0 Å². The maximum atomic E-state index is 12.9. The van der Waals surface area contributed by atoms with Crippen molar-refractivity contribution in [2.24, 2.45) is 0 Å². The van der Waals surface area contributed by atoms with Gasteiger partial charge in [-0.3, -0.25) is 4.79 Å². The largest absolute Gasteiger partial charge is 0.444 e. The van der Waals surface area contributed by atoms with E-state index in [2.05, 4.69) is 10.3 Å². The molecule has 0 unspecified atom stereocenters. The summed E-state index contributed by atoms with van der Waals surface area (Å²) in [4.78, 5) is 16.3. The summed E-state index contributed by atoms with van der Waals surface area (Å²) in [6, 6.07) is 14.3. The van der Waals surface area contributed by atoms with Gasteiger partial charge in [0.1, 0.15) is 12.1 Å². The Balaban J connectivity index is 1.54. The molecular formula is C19H14FN3O2. The standard InChI is InChI=1S/C19H14FN3O2/c20-16-7-5-15(6-8-16)19-23-17(12-25-19)9-10-22-18(24)14-3-1-13(11-21)2-4-14/h1-8,12H,9-10H2,(H,22,24). The molecule has 2 aromatic carbocycles. The number of benzene rings is 2. The van der Waals surface area contributed by atoms with Crippen molar-refractivity contribution < 1.29 is 13.6 Å². The fourth-order valence-corrected chi connectivity index (χ4v) is 2.25. The number of amides is 1. The summed E-state index contributed by atoms with van der Waals surface area (Å²) in [6.45, 7) is 0.397. The van der Waals surface area contributed by atoms with Crippen molar-refractivity contribution in [2.45, 2.75) is 6.42 Å². The number of rotatable bonds is 5. The molecule has 0 aliphatic heterocycles. The van der Waals surface area contributed by atoms with Gasteiger partial charge in [0, 0.05) is 24.1 Å². The van der Waals surface area contributed by atoms with E-state index in [-0.39, 0.29) is 11.7 Å². The summed E-state index contributed by atoms with van der Waals surface area (Å²) >= 11 is 0. The van der Waals surface area contributed by atoms with Gasteiger partial charge < -0.3 is 9.73 Å². The van der Waals surface area contributed by atoms with E-state index >= 15 is 0 Å². The summed E-state index contributed by atoms with van der Waals surface area (Å²) < 4.78 is 18.3. The number of nitrogens with zero attached hydrogens (tertiary/aromatic N) is 2. The third kappa shape index (κ3) is 4.09. The fourth-order valence-electron chi connectivity index (χ4n) is 2.25. The molecule has 0 spiro atoms. The van der Waals surface area contributed by atoms with Gasteiger partial charge in [-0.05, 0) is 48.5 Å². The highest BCUT2D eigenvalue weighted by molar-refractivity contribution is 5.94. The maximum Gasteiger partial charge on any atom is 0.251 e. The van der Waals surface area contributed by atoms with Crippen molar-refractivity contribution >= 4 is 5.91 Å². The molecule has 6 heteroatoms. The second kappa shape index (κ2) is 7.41. The molecule has 0 fully saturated rings. The predicted octanol–water partition coefficient (Wildman–Crippen LogP) is 3.32. The van der Waals surface area contributed by atoms with Crippen LogP contribution in [0.15, 0.2) is 59.2 Å². The van der Waals surface area contributed by atoms with Gasteiger partial charge in [-0.25, -0.2) is 9.37 Å². The number of nitriles is 1. The number of oxazole rings is 1. The molecule has 3 aromatic rings. The Bertz CT molecular complexity index is 909. The highest BCUT2D eigenvalue weighted by Gasteiger charge is 2.08. The first kappa shape index (κ1) is 16.4. The van der Waals surface area contributed by atoms with E-state index < -0.39 is 0 Å². The van der Waals surface area contributed by atoms with Crippen LogP contribution in [-0.4, -0.2) is 17.4 Å². The van der Waals surface area contributed by atoms with E-state index in [0.717, 1.165) is 0 Å². The molecule has 0 aliphatic carbocycles. The normalized spacial score (nSPS) is 10.2. The lowest BCUT2D eigenvalue weighted by molar-refractivity contribution is 0.0954. The van der Waals surface area contributed by atoms with Crippen LogP contribution < -0.4 is 5.32 Å². The van der Waals surface area contributed by atoms with Crippen LogP contribution in [0, 0.1) is 17.1 Å². The zero-order valence-corrected chi connectivity index (χ0v) is 13.2. The van der Waals surface area contributed by atoms with Crippen LogP contribution >= 0.6 is 0 Å². The minimum absolute atomic E-state index is 0.216. The Morgan fingerprint density at radius 1 is 1.16 bits per heavy atom. The van der Waals surface area contributed by atoms with Crippen molar-refractivity contribution in [3.05, 3.63) is 77.4 Å².